The van der Waals surface area contributed by atoms with E-state index in [9.17, 15) is 4.79 Å². The Morgan fingerprint density at radius 1 is 1.43 bits per heavy atom. The van der Waals surface area contributed by atoms with Crippen LogP contribution in [0.5, 0.6) is 0 Å². The van der Waals surface area contributed by atoms with E-state index in [1.165, 1.54) is 5.56 Å². The Bertz CT molecular complexity index is 563. The van der Waals surface area contributed by atoms with Gasteiger partial charge in [-0.3, -0.25) is 15.1 Å². The standard InChI is InChI=1S/C17H24N4O2/c1-12(2)15-8-16(23-20-15)17(22)19-14-9-18-21(11-14)10-13-6-4-3-5-7-13/h3-7,14-16,18,20H,1,8-11H2,2H3,(H,19,22). The van der Waals surface area contributed by atoms with Gasteiger partial charge in [0.2, 0.25) is 0 Å². The molecule has 3 N–H and O–H groups in total. The van der Waals surface area contributed by atoms with E-state index in [1.54, 1.807) is 0 Å². The number of nitrogens with zero attached hydrogens (tertiary/aromatic N) is 1. The zero-order valence-electron chi connectivity index (χ0n) is 13.4. The topological polar surface area (TPSA) is 65.6 Å². The van der Waals surface area contributed by atoms with Gasteiger partial charge in [-0.1, -0.05) is 42.5 Å². The summed E-state index contributed by atoms with van der Waals surface area (Å²) in [6.07, 6.45) is 0.189. The van der Waals surface area contributed by atoms with Crippen molar-refractivity contribution in [2.75, 3.05) is 13.1 Å². The third-order valence-corrected chi connectivity index (χ3v) is 4.25. The van der Waals surface area contributed by atoms with Gasteiger partial charge in [0, 0.05) is 26.1 Å². The number of carbonyl (C=O) groups is 1. The van der Waals surface area contributed by atoms with E-state index in [1.807, 2.05) is 25.1 Å². The number of nitrogens with one attached hydrogen (secondary N) is 3. The zero-order valence-corrected chi connectivity index (χ0v) is 13.4. The first-order valence-corrected chi connectivity index (χ1v) is 8.01. The summed E-state index contributed by atoms with van der Waals surface area (Å²) in [4.78, 5) is 17.6. The Labute approximate surface area is 136 Å². The maximum Gasteiger partial charge on any atom is 0.251 e. The lowest BCUT2D eigenvalue weighted by Gasteiger charge is -2.17. The lowest BCUT2D eigenvalue weighted by molar-refractivity contribution is -0.133. The monoisotopic (exact) mass is 316 g/mol. The maximum absolute atomic E-state index is 12.3. The van der Waals surface area contributed by atoms with Crippen molar-refractivity contribution >= 4 is 5.91 Å². The average molecular weight is 316 g/mol. The highest BCUT2D eigenvalue weighted by Gasteiger charge is 2.33. The second-order valence-electron chi connectivity index (χ2n) is 6.29. The van der Waals surface area contributed by atoms with Gasteiger partial charge in [-0.2, -0.15) is 5.48 Å². The van der Waals surface area contributed by atoms with E-state index in [-0.39, 0.29) is 18.0 Å². The summed E-state index contributed by atoms with van der Waals surface area (Å²) in [5.74, 6) is -0.0605. The summed E-state index contributed by atoms with van der Waals surface area (Å²) >= 11 is 0. The molecule has 2 aliphatic heterocycles. The predicted molar refractivity (Wildman–Crippen MR) is 88.0 cm³/mol. The molecule has 1 aromatic carbocycles. The van der Waals surface area contributed by atoms with Crippen molar-refractivity contribution in [1.29, 1.82) is 0 Å². The Morgan fingerprint density at radius 2 is 2.22 bits per heavy atom. The third kappa shape index (κ3) is 4.17. The van der Waals surface area contributed by atoms with Crippen molar-refractivity contribution in [3.8, 4) is 0 Å². The molecule has 2 aliphatic rings. The molecule has 0 saturated carbocycles. The Hall–Kier alpha value is -1.73. The summed E-state index contributed by atoms with van der Waals surface area (Å²) in [6.45, 7) is 8.17. The minimum absolute atomic E-state index is 0.0574. The lowest BCUT2D eigenvalue weighted by atomic mass is 10.1. The van der Waals surface area contributed by atoms with E-state index in [0.717, 1.165) is 25.2 Å². The molecule has 6 nitrogen and oxygen atoms in total. The SMILES string of the molecule is C=C(C)C1CC(C(=O)NC2CNN(Cc3ccccc3)C2)ON1. The van der Waals surface area contributed by atoms with Crippen LogP contribution < -0.4 is 16.2 Å². The van der Waals surface area contributed by atoms with E-state index in [0.29, 0.717) is 6.42 Å². The van der Waals surface area contributed by atoms with Crippen LogP contribution in [0.1, 0.15) is 18.9 Å². The molecule has 3 atom stereocenters. The van der Waals surface area contributed by atoms with Crippen molar-refractivity contribution in [1.82, 2.24) is 21.2 Å². The van der Waals surface area contributed by atoms with Crippen molar-refractivity contribution in [3.05, 3.63) is 48.0 Å². The fourth-order valence-corrected chi connectivity index (χ4v) is 2.89. The summed E-state index contributed by atoms with van der Waals surface area (Å²) < 4.78 is 0. The highest BCUT2D eigenvalue weighted by molar-refractivity contribution is 5.81. The van der Waals surface area contributed by atoms with E-state index in [2.05, 4.69) is 39.9 Å². The molecule has 23 heavy (non-hydrogen) atoms. The Balaban J connectivity index is 1.45. The number of hydrogen-bond acceptors (Lipinski definition) is 5. The van der Waals surface area contributed by atoms with Crippen molar-refractivity contribution in [3.63, 3.8) is 0 Å². The minimum Gasteiger partial charge on any atom is -0.348 e. The fraction of sp³-hybridized carbons (Fsp3) is 0.471. The van der Waals surface area contributed by atoms with E-state index < -0.39 is 6.10 Å². The molecular formula is C17H24N4O2. The minimum atomic E-state index is -0.445. The van der Waals surface area contributed by atoms with Crippen LogP contribution in [0, 0.1) is 0 Å². The molecule has 3 rings (SSSR count). The molecule has 1 aromatic rings. The molecule has 2 fully saturated rings. The highest BCUT2D eigenvalue weighted by Crippen LogP contribution is 2.16. The smallest absolute Gasteiger partial charge is 0.251 e. The molecule has 0 bridgehead atoms. The summed E-state index contributed by atoms with van der Waals surface area (Å²) in [5, 5.41) is 5.19. The van der Waals surface area contributed by atoms with Crippen molar-refractivity contribution in [2.45, 2.75) is 38.1 Å². The number of rotatable bonds is 5. The van der Waals surface area contributed by atoms with Crippen LogP contribution in [0.15, 0.2) is 42.5 Å². The van der Waals surface area contributed by atoms with Crippen molar-refractivity contribution in [2.24, 2.45) is 0 Å². The Kier molecular flexibility index (Phi) is 5.07. The van der Waals surface area contributed by atoms with Gasteiger partial charge in [0.05, 0.1) is 12.1 Å². The first-order chi connectivity index (χ1) is 11.1. The van der Waals surface area contributed by atoms with E-state index in [4.69, 9.17) is 4.84 Å². The molecule has 0 aliphatic carbocycles. The largest absolute Gasteiger partial charge is 0.348 e. The summed E-state index contributed by atoms with van der Waals surface area (Å²) in [6, 6.07) is 10.4. The molecule has 2 heterocycles. The number of hydroxylamine groups is 1. The Morgan fingerprint density at radius 3 is 2.91 bits per heavy atom. The van der Waals surface area contributed by atoms with Crippen LogP contribution in [0.3, 0.4) is 0 Å². The maximum atomic E-state index is 12.3. The number of hydrogen-bond donors (Lipinski definition) is 3. The van der Waals surface area contributed by atoms with Crippen molar-refractivity contribution < 1.29 is 9.63 Å². The molecule has 2 saturated heterocycles. The molecule has 0 aromatic heterocycles. The normalized spacial score (nSPS) is 28.0. The number of hydrazine groups is 1. The first kappa shape index (κ1) is 16.1. The summed E-state index contributed by atoms with van der Waals surface area (Å²) in [7, 11) is 0. The van der Waals surface area contributed by atoms with Crippen LogP contribution in [-0.2, 0) is 16.2 Å². The molecule has 3 unspecified atom stereocenters. The average Bonchev–Trinajstić information content (AvgIpc) is 3.18. The van der Waals surface area contributed by atoms with Crippen LogP contribution in [0.25, 0.3) is 0 Å². The van der Waals surface area contributed by atoms with Gasteiger partial charge < -0.3 is 5.32 Å². The van der Waals surface area contributed by atoms with Gasteiger partial charge in [-0.15, -0.1) is 0 Å². The number of benzene rings is 1. The molecular weight excluding hydrogens is 292 g/mol. The zero-order chi connectivity index (χ0) is 16.2. The third-order valence-electron chi connectivity index (χ3n) is 4.25. The number of amides is 1. The lowest BCUT2D eigenvalue weighted by Crippen LogP contribution is -2.44. The molecule has 124 valence electrons. The van der Waals surface area contributed by atoms with Gasteiger partial charge >= 0.3 is 0 Å². The number of carbonyl (C=O) groups excluding carboxylic acids is 1. The quantitative estimate of drug-likeness (QED) is 0.699. The van der Waals surface area contributed by atoms with Gasteiger partial charge in [0.25, 0.3) is 5.91 Å². The molecule has 0 spiro atoms. The second-order valence-corrected chi connectivity index (χ2v) is 6.29. The highest BCUT2D eigenvalue weighted by atomic mass is 16.7. The van der Waals surface area contributed by atoms with Gasteiger partial charge in [-0.25, -0.2) is 5.01 Å². The summed E-state index contributed by atoms with van der Waals surface area (Å²) in [5.41, 5.74) is 8.43. The van der Waals surface area contributed by atoms with Gasteiger partial charge in [0.15, 0.2) is 6.10 Å². The van der Waals surface area contributed by atoms with E-state index >= 15 is 0 Å². The van der Waals surface area contributed by atoms with Gasteiger partial charge in [0.1, 0.15) is 0 Å². The first-order valence-electron chi connectivity index (χ1n) is 8.01. The van der Waals surface area contributed by atoms with Crippen LogP contribution in [-0.4, -0.2) is 42.2 Å². The van der Waals surface area contributed by atoms with Crippen LogP contribution in [0.2, 0.25) is 0 Å². The molecule has 0 radical (unpaired) electrons. The second kappa shape index (κ2) is 7.23. The molecule has 6 heteroatoms. The molecule has 1 amide bonds. The fourth-order valence-electron chi connectivity index (χ4n) is 2.89. The van der Waals surface area contributed by atoms with Gasteiger partial charge in [-0.05, 0) is 12.5 Å². The van der Waals surface area contributed by atoms with Crippen LogP contribution >= 0.6 is 0 Å². The van der Waals surface area contributed by atoms with Crippen LogP contribution in [0.4, 0.5) is 0 Å². The predicted octanol–water partition coefficient (Wildman–Crippen LogP) is 0.730.